The van der Waals surface area contributed by atoms with Gasteiger partial charge in [-0.3, -0.25) is 0 Å². The van der Waals surface area contributed by atoms with Crippen LogP contribution in [0.2, 0.25) is 0 Å². The molecule has 0 unspecified atom stereocenters. The van der Waals surface area contributed by atoms with Gasteiger partial charge in [0.25, 0.3) is 0 Å². The van der Waals surface area contributed by atoms with E-state index in [0.29, 0.717) is 43.5 Å². The molecule has 0 aromatic carbocycles. The van der Waals surface area contributed by atoms with Gasteiger partial charge in [0.15, 0.2) is 15.7 Å². The fraction of sp³-hybridized carbons (Fsp3) is 0.778. The third kappa shape index (κ3) is 4.02. The molecular formula is C18H29N3O4S. The van der Waals surface area contributed by atoms with Crippen LogP contribution in [0.15, 0.2) is 11.1 Å². The number of aryl methyl sites for hydroxylation is 1. The van der Waals surface area contributed by atoms with Gasteiger partial charge in [-0.05, 0) is 32.1 Å². The van der Waals surface area contributed by atoms with E-state index < -0.39 is 9.84 Å². The molecule has 1 aromatic rings. The van der Waals surface area contributed by atoms with Gasteiger partial charge in [-0.15, -0.1) is 0 Å². The standard InChI is InChI=1S/C18H29N3O4S/c1-12(2)15-9-14(22)10-18(25-15)5-7-21(8-6-18)17-16(26(4,23)24)11-19-13(3)20-17/h11-12,14-15,22H,5-10H2,1-4H3/t14-,15-/m1/s1. The lowest BCUT2D eigenvalue weighted by atomic mass is 9.80. The van der Waals surface area contributed by atoms with Gasteiger partial charge in [-0.1, -0.05) is 13.8 Å². The van der Waals surface area contributed by atoms with Gasteiger partial charge < -0.3 is 14.7 Å². The first-order valence-corrected chi connectivity index (χ1v) is 11.1. The Morgan fingerprint density at radius 1 is 1.35 bits per heavy atom. The molecule has 3 heterocycles. The molecule has 0 radical (unpaired) electrons. The highest BCUT2D eigenvalue weighted by atomic mass is 32.2. The Balaban J connectivity index is 1.80. The van der Waals surface area contributed by atoms with Crippen LogP contribution >= 0.6 is 0 Å². The zero-order valence-electron chi connectivity index (χ0n) is 16.0. The molecular weight excluding hydrogens is 354 g/mol. The van der Waals surface area contributed by atoms with Crippen molar-refractivity contribution in [1.29, 1.82) is 0 Å². The number of rotatable bonds is 3. The van der Waals surface area contributed by atoms with E-state index >= 15 is 0 Å². The van der Waals surface area contributed by atoms with E-state index in [4.69, 9.17) is 4.74 Å². The number of nitrogens with zero attached hydrogens (tertiary/aromatic N) is 3. The zero-order chi connectivity index (χ0) is 19.1. The van der Waals surface area contributed by atoms with E-state index in [1.165, 1.54) is 12.5 Å². The Hall–Kier alpha value is -1.25. The fourth-order valence-corrected chi connectivity index (χ4v) is 4.74. The molecule has 3 rings (SSSR count). The highest BCUT2D eigenvalue weighted by Crippen LogP contribution is 2.40. The van der Waals surface area contributed by atoms with Crippen LogP contribution in [-0.2, 0) is 14.6 Å². The van der Waals surface area contributed by atoms with Crippen molar-refractivity contribution in [1.82, 2.24) is 9.97 Å². The van der Waals surface area contributed by atoms with Gasteiger partial charge in [0, 0.05) is 25.8 Å². The summed E-state index contributed by atoms with van der Waals surface area (Å²) in [6, 6.07) is 0. The summed E-state index contributed by atoms with van der Waals surface area (Å²) in [7, 11) is -3.40. The molecule has 1 N–H and O–H groups in total. The first kappa shape index (κ1) is 19.5. The molecule has 2 aliphatic rings. The molecule has 0 bridgehead atoms. The van der Waals surface area contributed by atoms with E-state index in [2.05, 4.69) is 23.8 Å². The summed E-state index contributed by atoms with van der Waals surface area (Å²) >= 11 is 0. The fourth-order valence-electron chi connectivity index (χ4n) is 3.99. The number of hydrogen-bond acceptors (Lipinski definition) is 7. The lowest BCUT2D eigenvalue weighted by Gasteiger charge is -2.49. The average molecular weight is 384 g/mol. The van der Waals surface area contributed by atoms with Crippen molar-refractivity contribution in [3.63, 3.8) is 0 Å². The second-order valence-corrected chi connectivity index (χ2v) is 10.0. The molecule has 8 heteroatoms. The molecule has 7 nitrogen and oxygen atoms in total. The van der Waals surface area contributed by atoms with Gasteiger partial charge in [-0.25, -0.2) is 18.4 Å². The summed E-state index contributed by atoms with van der Waals surface area (Å²) in [6.45, 7) is 7.29. The topological polar surface area (TPSA) is 92.6 Å². The third-order valence-electron chi connectivity index (χ3n) is 5.49. The number of aliphatic hydroxyl groups is 1. The van der Waals surface area contributed by atoms with E-state index in [-0.39, 0.29) is 22.7 Å². The minimum atomic E-state index is -3.40. The van der Waals surface area contributed by atoms with E-state index in [9.17, 15) is 13.5 Å². The monoisotopic (exact) mass is 383 g/mol. The van der Waals surface area contributed by atoms with Gasteiger partial charge in [0.05, 0.1) is 24.0 Å². The number of ether oxygens (including phenoxy) is 1. The van der Waals surface area contributed by atoms with Crippen molar-refractivity contribution < 1.29 is 18.3 Å². The lowest BCUT2D eigenvalue weighted by molar-refractivity contribution is -0.183. The minimum Gasteiger partial charge on any atom is -0.393 e. The van der Waals surface area contributed by atoms with Gasteiger partial charge in [0.2, 0.25) is 0 Å². The Morgan fingerprint density at radius 2 is 2.00 bits per heavy atom. The summed E-state index contributed by atoms with van der Waals surface area (Å²) < 4.78 is 30.6. The van der Waals surface area contributed by atoms with Crippen LogP contribution in [-0.4, -0.2) is 60.6 Å². The third-order valence-corrected chi connectivity index (χ3v) is 6.57. The second-order valence-electron chi connectivity index (χ2n) is 8.04. The summed E-state index contributed by atoms with van der Waals surface area (Å²) in [5.74, 6) is 1.39. The lowest BCUT2D eigenvalue weighted by Crippen LogP contribution is -2.54. The maximum absolute atomic E-state index is 12.1. The Kier molecular flexibility index (Phi) is 5.29. The van der Waals surface area contributed by atoms with Gasteiger partial charge >= 0.3 is 0 Å². The molecule has 0 amide bonds. The van der Waals surface area contributed by atoms with Crippen molar-refractivity contribution in [3.05, 3.63) is 12.0 Å². The van der Waals surface area contributed by atoms with Crippen LogP contribution < -0.4 is 4.90 Å². The molecule has 1 spiro atoms. The minimum absolute atomic E-state index is 0.0678. The normalized spacial score (nSPS) is 26.5. The molecule has 146 valence electrons. The first-order valence-electron chi connectivity index (χ1n) is 9.24. The molecule has 0 aliphatic carbocycles. The van der Waals surface area contributed by atoms with Gasteiger partial charge in [0.1, 0.15) is 10.7 Å². The average Bonchev–Trinajstić information content (AvgIpc) is 2.53. The molecule has 1 aromatic heterocycles. The van der Waals surface area contributed by atoms with Crippen molar-refractivity contribution in [3.8, 4) is 0 Å². The van der Waals surface area contributed by atoms with Crippen LogP contribution in [0.5, 0.6) is 0 Å². The van der Waals surface area contributed by atoms with E-state index in [0.717, 1.165) is 12.8 Å². The Bertz CT molecular complexity index is 758. The largest absolute Gasteiger partial charge is 0.393 e. The van der Waals surface area contributed by atoms with Crippen LogP contribution in [0.4, 0.5) is 5.82 Å². The first-order chi connectivity index (χ1) is 12.1. The number of hydrogen-bond donors (Lipinski definition) is 1. The second kappa shape index (κ2) is 7.05. The highest BCUT2D eigenvalue weighted by Gasteiger charge is 2.44. The molecule has 26 heavy (non-hydrogen) atoms. The summed E-state index contributed by atoms with van der Waals surface area (Å²) in [5.41, 5.74) is -0.323. The molecule has 0 saturated carbocycles. The van der Waals surface area contributed by atoms with E-state index in [1.807, 2.05) is 4.90 Å². The molecule has 2 atom stereocenters. The highest BCUT2D eigenvalue weighted by molar-refractivity contribution is 7.90. The smallest absolute Gasteiger partial charge is 0.180 e. The predicted octanol–water partition coefficient (Wildman–Crippen LogP) is 1.72. The number of piperidine rings is 1. The number of aliphatic hydroxyl groups excluding tert-OH is 1. The summed E-state index contributed by atoms with van der Waals surface area (Å²) in [4.78, 5) is 10.6. The van der Waals surface area contributed by atoms with Crippen LogP contribution in [0.1, 0.15) is 45.4 Å². The van der Waals surface area contributed by atoms with Crippen LogP contribution in [0.3, 0.4) is 0 Å². The van der Waals surface area contributed by atoms with Gasteiger partial charge in [-0.2, -0.15) is 0 Å². The predicted molar refractivity (Wildman–Crippen MR) is 99.0 cm³/mol. The molecule has 2 aliphatic heterocycles. The quantitative estimate of drug-likeness (QED) is 0.849. The van der Waals surface area contributed by atoms with Crippen molar-refractivity contribution >= 4 is 15.7 Å². The van der Waals surface area contributed by atoms with Crippen molar-refractivity contribution in [2.45, 2.75) is 69.2 Å². The number of sulfone groups is 1. The van der Waals surface area contributed by atoms with Crippen LogP contribution in [0.25, 0.3) is 0 Å². The number of aromatic nitrogens is 2. The van der Waals surface area contributed by atoms with Crippen molar-refractivity contribution in [2.24, 2.45) is 5.92 Å². The number of anilines is 1. The maximum atomic E-state index is 12.1. The molecule has 2 fully saturated rings. The maximum Gasteiger partial charge on any atom is 0.180 e. The molecule has 2 saturated heterocycles. The summed E-state index contributed by atoms with van der Waals surface area (Å²) in [6.07, 6.45) is 5.14. The summed E-state index contributed by atoms with van der Waals surface area (Å²) in [5, 5.41) is 10.3. The Morgan fingerprint density at radius 3 is 2.58 bits per heavy atom. The SMILES string of the molecule is Cc1ncc(S(C)(=O)=O)c(N2CCC3(CC2)C[C@H](O)C[C@H](C(C)C)O3)n1. The van der Waals surface area contributed by atoms with E-state index in [1.54, 1.807) is 6.92 Å². The Labute approximate surface area is 155 Å². The van der Waals surface area contributed by atoms with Crippen LogP contribution in [0, 0.1) is 12.8 Å². The zero-order valence-corrected chi connectivity index (χ0v) is 16.8. The van der Waals surface area contributed by atoms with Crippen molar-refractivity contribution in [2.75, 3.05) is 24.2 Å².